The number of carboxylic acid groups (broad SMARTS) is 1. The van der Waals surface area contributed by atoms with Gasteiger partial charge in [0.25, 0.3) is 5.91 Å². The molecule has 0 saturated heterocycles. The van der Waals surface area contributed by atoms with Crippen molar-refractivity contribution in [2.45, 2.75) is 26.4 Å². The third-order valence-electron chi connectivity index (χ3n) is 3.42. The fraction of sp³-hybridized carbons (Fsp3) is 0.462. The van der Waals surface area contributed by atoms with Gasteiger partial charge in [0.1, 0.15) is 5.82 Å². The number of carbonyl (C=O) groups excluding carboxylic acids is 1. The summed E-state index contributed by atoms with van der Waals surface area (Å²) in [5, 5.41) is 9.26. The summed E-state index contributed by atoms with van der Waals surface area (Å²) in [5.41, 5.74) is 0.913. The topological polar surface area (TPSA) is 73.7 Å². The highest BCUT2D eigenvalue weighted by atomic mass is 16.4. The third kappa shape index (κ3) is 2.14. The summed E-state index contributed by atoms with van der Waals surface area (Å²) in [7, 11) is 3.48. The number of carbonyl (C=O) groups is 2. The summed E-state index contributed by atoms with van der Waals surface area (Å²) in [6.07, 6.45) is 0. The van der Waals surface area contributed by atoms with E-state index in [0.29, 0.717) is 23.5 Å². The van der Waals surface area contributed by atoms with Crippen LogP contribution in [0.1, 0.15) is 40.3 Å². The van der Waals surface area contributed by atoms with Crippen molar-refractivity contribution < 1.29 is 14.7 Å². The van der Waals surface area contributed by atoms with Gasteiger partial charge in [0, 0.05) is 32.2 Å². The molecule has 1 aromatic rings. The van der Waals surface area contributed by atoms with E-state index in [-0.39, 0.29) is 17.6 Å². The molecule has 0 unspecified atom stereocenters. The first-order valence-electron chi connectivity index (χ1n) is 6.08. The fourth-order valence-corrected chi connectivity index (χ4v) is 2.05. The number of aromatic carboxylic acids is 1. The zero-order valence-corrected chi connectivity index (χ0v) is 11.5. The van der Waals surface area contributed by atoms with Crippen molar-refractivity contribution in [1.29, 1.82) is 0 Å². The van der Waals surface area contributed by atoms with Crippen LogP contribution in [-0.4, -0.2) is 47.0 Å². The van der Waals surface area contributed by atoms with E-state index in [1.54, 1.807) is 13.1 Å². The average Bonchev–Trinajstić information content (AvgIpc) is 2.63. The van der Waals surface area contributed by atoms with Gasteiger partial charge in [-0.2, -0.15) is 0 Å². The van der Waals surface area contributed by atoms with Crippen molar-refractivity contribution in [2.24, 2.45) is 0 Å². The molecule has 19 heavy (non-hydrogen) atoms. The molecular formula is C13H17N3O3. The molecule has 0 radical (unpaired) electrons. The number of aromatic nitrogens is 1. The second-order valence-electron chi connectivity index (χ2n) is 5.03. The molecule has 1 amide bonds. The molecule has 0 spiro atoms. The van der Waals surface area contributed by atoms with E-state index in [1.165, 1.54) is 4.90 Å². The van der Waals surface area contributed by atoms with Crippen LogP contribution in [-0.2, 0) is 6.54 Å². The van der Waals surface area contributed by atoms with Gasteiger partial charge in [0.15, 0.2) is 5.69 Å². The monoisotopic (exact) mass is 263 g/mol. The number of fused-ring (bicyclic) bond motifs is 1. The predicted molar refractivity (Wildman–Crippen MR) is 70.5 cm³/mol. The lowest BCUT2D eigenvalue weighted by Crippen LogP contribution is -2.27. The Balaban J connectivity index is 2.60. The largest absolute Gasteiger partial charge is 0.476 e. The maximum absolute atomic E-state index is 12.0. The van der Waals surface area contributed by atoms with Crippen LogP contribution in [0.25, 0.3) is 0 Å². The lowest BCUT2D eigenvalue weighted by Gasteiger charge is -2.23. The van der Waals surface area contributed by atoms with Crippen LogP contribution in [0.3, 0.4) is 0 Å². The Kier molecular flexibility index (Phi) is 3.18. The fourth-order valence-electron chi connectivity index (χ4n) is 2.05. The lowest BCUT2D eigenvalue weighted by molar-refractivity contribution is 0.0687. The maximum atomic E-state index is 12.0. The summed E-state index contributed by atoms with van der Waals surface area (Å²) in [6, 6.07) is 1.84. The summed E-state index contributed by atoms with van der Waals surface area (Å²) >= 11 is 0. The first kappa shape index (κ1) is 13.3. The molecule has 102 valence electrons. The van der Waals surface area contributed by atoms with E-state index in [4.69, 9.17) is 0 Å². The molecule has 1 aliphatic rings. The Bertz CT molecular complexity index is 554. The number of carboxylic acids is 1. The van der Waals surface area contributed by atoms with Gasteiger partial charge in [-0.1, -0.05) is 0 Å². The average molecular weight is 263 g/mol. The maximum Gasteiger partial charge on any atom is 0.354 e. The molecule has 1 aromatic heterocycles. The van der Waals surface area contributed by atoms with E-state index in [2.05, 4.69) is 4.98 Å². The van der Waals surface area contributed by atoms with Crippen LogP contribution in [0.15, 0.2) is 6.07 Å². The highest BCUT2D eigenvalue weighted by Gasteiger charge is 2.31. The van der Waals surface area contributed by atoms with Gasteiger partial charge in [0.2, 0.25) is 0 Å². The SMILES string of the molecule is CC(C)N(C)c1cc2c(c(C(=O)O)n1)CN(C)C2=O. The molecule has 6 heteroatoms. The van der Waals surface area contributed by atoms with Gasteiger partial charge in [-0.25, -0.2) is 9.78 Å². The molecule has 6 nitrogen and oxygen atoms in total. The molecule has 1 aliphatic heterocycles. The molecule has 0 bridgehead atoms. The van der Waals surface area contributed by atoms with Gasteiger partial charge in [-0.15, -0.1) is 0 Å². The quantitative estimate of drug-likeness (QED) is 0.887. The molecule has 0 atom stereocenters. The van der Waals surface area contributed by atoms with Crippen molar-refractivity contribution in [3.05, 3.63) is 22.9 Å². The zero-order chi connectivity index (χ0) is 14.3. The molecule has 0 fully saturated rings. The smallest absolute Gasteiger partial charge is 0.354 e. The number of amides is 1. The van der Waals surface area contributed by atoms with Gasteiger partial charge in [-0.05, 0) is 19.9 Å². The van der Waals surface area contributed by atoms with Crippen LogP contribution in [0.5, 0.6) is 0 Å². The van der Waals surface area contributed by atoms with Crippen LogP contribution < -0.4 is 4.90 Å². The summed E-state index contributed by atoms with van der Waals surface area (Å²) in [5.74, 6) is -0.744. The third-order valence-corrected chi connectivity index (χ3v) is 3.42. The van der Waals surface area contributed by atoms with Crippen LogP contribution >= 0.6 is 0 Å². The molecule has 2 rings (SSSR count). The number of nitrogens with zero attached hydrogens (tertiary/aromatic N) is 3. The van der Waals surface area contributed by atoms with Gasteiger partial charge in [-0.3, -0.25) is 4.79 Å². The van der Waals surface area contributed by atoms with Crippen LogP contribution in [0.2, 0.25) is 0 Å². The van der Waals surface area contributed by atoms with Gasteiger partial charge >= 0.3 is 5.97 Å². The molecule has 0 aromatic carbocycles. The molecule has 1 N–H and O–H groups in total. The molecule has 0 aliphatic carbocycles. The Morgan fingerprint density at radius 2 is 2.16 bits per heavy atom. The first-order chi connectivity index (χ1) is 8.82. The Labute approximate surface area is 111 Å². The highest BCUT2D eigenvalue weighted by molar-refractivity contribution is 6.02. The van der Waals surface area contributed by atoms with E-state index in [1.807, 2.05) is 25.8 Å². The normalized spacial score (nSPS) is 13.9. The molecule has 2 heterocycles. The Hall–Kier alpha value is -2.11. The number of rotatable bonds is 3. The van der Waals surface area contributed by atoms with Crippen molar-refractivity contribution in [3.63, 3.8) is 0 Å². The predicted octanol–water partition coefficient (Wildman–Crippen LogP) is 1.21. The number of anilines is 1. The van der Waals surface area contributed by atoms with Crippen molar-refractivity contribution >= 4 is 17.7 Å². The zero-order valence-electron chi connectivity index (χ0n) is 11.5. The standard InChI is InChI=1S/C13H17N3O3/c1-7(2)16(4)10-5-8-9(6-15(3)12(8)17)11(14-10)13(18)19/h5,7H,6H2,1-4H3,(H,18,19). The van der Waals surface area contributed by atoms with Crippen LogP contribution in [0.4, 0.5) is 5.82 Å². The van der Waals surface area contributed by atoms with Crippen molar-refractivity contribution in [3.8, 4) is 0 Å². The van der Waals surface area contributed by atoms with E-state index >= 15 is 0 Å². The molecular weight excluding hydrogens is 246 g/mol. The minimum atomic E-state index is -1.10. The summed E-state index contributed by atoms with van der Waals surface area (Å²) in [6.45, 7) is 4.25. The van der Waals surface area contributed by atoms with Gasteiger partial charge in [0.05, 0.1) is 5.56 Å². The minimum absolute atomic E-state index is 0.0299. The van der Waals surface area contributed by atoms with E-state index in [9.17, 15) is 14.7 Å². The summed E-state index contributed by atoms with van der Waals surface area (Å²) < 4.78 is 0. The minimum Gasteiger partial charge on any atom is -0.476 e. The first-order valence-corrected chi connectivity index (χ1v) is 6.08. The van der Waals surface area contributed by atoms with Crippen LogP contribution in [0, 0.1) is 0 Å². The van der Waals surface area contributed by atoms with Crippen molar-refractivity contribution in [2.75, 3.05) is 19.0 Å². The number of hydrogen-bond acceptors (Lipinski definition) is 4. The van der Waals surface area contributed by atoms with E-state index < -0.39 is 5.97 Å². The number of hydrogen-bond donors (Lipinski definition) is 1. The highest BCUT2D eigenvalue weighted by Crippen LogP contribution is 2.28. The molecule has 0 saturated carbocycles. The Morgan fingerprint density at radius 1 is 1.53 bits per heavy atom. The second kappa shape index (κ2) is 4.53. The lowest BCUT2D eigenvalue weighted by atomic mass is 10.1. The second-order valence-corrected chi connectivity index (χ2v) is 5.03. The Morgan fingerprint density at radius 3 is 2.68 bits per heavy atom. The van der Waals surface area contributed by atoms with E-state index in [0.717, 1.165) is 0 Å². The van der Waals surface area contributed by atoms with Gasteiger partial charge < -0.3 is 14.9 Å². The number of pyridine rings is 1. The van der Waals surface area contributed by atoms with Crippen molar-refractivity contribution in [1.82, 2.24) is 9.88 Å². The summed E-state index contributed by atoms with van der Waals surface area (Å²) in [4.78, 5) is 30.8.